The molecule has 0 spiro atoms. The number of allylic oxidation sites excluding steroid dienone is 22. The van der Waals surface area contributed by atoms with Crippen molar-refractivity contribution in [1.29, 1.82) is 0 Å². The van der Waals surface area contributed by atoms with Gasteiger partial charge < -0.3 is 34.2 Å². The van der Waals surface area contributed by atoms with E-state index in [2.05, 4.69) is 154 Å². The zero-order valence-corrected chi connectivity index (χ0v) is 60.8. The van der Waals surface area contributed by atoms with Gasteiger partial charge in [0.05, 0.1) is 26.4 Å². The predicted molar refractivity (Wildman–Crippen MR) is 390 cm³/mol. The second-order valence-electron chi connectivity index (χ2n) is 24.0. The second-order valence-corrected chi connectivity index (χ2v) is 26.9. The molecule has 5 unspecified atom stereocenters. The summed E-state index contributed by atoms with van der Waals surface area (Å²) in [6, 6.07) is 0. The van der Waals surface area contributed by atoms with E-state index in [4.69, 9.17) is 32.3 Å². The van der Waals surface area contributed by atoms with Crippen molar-refractivity contribution in [3.05, 3.63) is 134 Å². The van der Waals surface area contributed by atoms with Gasteiger partial charge in [0.1, 0.15) is 25.4 Å². The summed E-state index contributed by atoms with van der Waals surface area (Å²) in [4.78, 5) is 58.5. The van der Waals surface area contributed by atoms with E-state index in [1.165, 1.54) is 51.4 Å². The molecule has 0 rings (SSSR count). The van der Waals surface area contributed by atoms with Crippen LogP contribution in [0.4, 0.5) is 0 Å². The maximum Gasteiger partial charge on any atom is 0.472 e. The zero-order chi connectivity index (χ0) is 69.5. The Kier molecular flexibility index (Phi) is 66.4. The van der Waals surface area contributed by atoms with Crippen LogP contribution in [0.2, 0.25) is 0 Å². The van der Waals surface area contributed by atoms with Crippen molar-refractivity contribution < 1.29 is 75.8 Å². The first kappa shape index (κ1) is 90.7. The highest BCUT2D eigenvalue weighted by molar-refractivity contribution is 7.47. The number of ether oxygens (including phenoxy) is 3. The first-order valence-electron chi connectivity index (χ1n) is 36.5. The molecule has 16 nitrogen and oxygen atoms in total. The summed E-state index contributed by atoms with van der Waals surface area (Å²) in [6.45, 7) is 2.40. The van der Waals surface area contributed by atoms with Gasteiger partial charge in [-0.1, -0.05) is 276 Å². The van der Waals surface area contributed by atoms with Gasteiger partial charge in [-0.3, -0.25) is 32.5 Å². The fourth-order valence-corrected chi connectivity index (χ4v) is 10.9. The Morgan fingerprint density at radius 2 is 0.558 bits per heavy atom. The first-order chi connectivity index (χ1) is 46.2. The predicted octanol–water partition coefficient (Wildman–Crippen LogP) is 20.8. The first-order valence-corrected chi connectivity index (χ1v) is 39.5. The molecular weight excluding hydrogens is 1240 g/mol. The van der Waals surface area contributed by atoms with Crippen LogP contribution in [0, 0.1) is 0 Å². The van der Waals surface area contributed by atoms with Crippen LogP contribution in [-0.2, 0) is 55.8 Å². The topological polar surface area (TPSA) is 231 Å². The van der Waals surface area contributed by atoms with E-state index < -0.39 is 91.5 Å². The summed E-state index contributed by atoms with van der Waals surface area (Å²) < 4.78 is 61.0. The van der Waals surface area contributed by atoms with E-state index in [-0.39, 0.29) is 19.3 Å². The van der Waals surface area contributed by atoms with Crippen LogP contribution in [0.3, 0.4) is 0 Å². The number of esters is 3. The molecule has 0 radical (unpaired) electrons. The number of carbonyl (C=O) groups is 3. The molecule has 0 aromatic carbocycles. The van der Waals surface area contributed by atoms with Crippen molar-refractivity contribution in [1.82, 2.24) is 0 Å². The molecule has 0 saturated heterocycles. The highest BCUT2D eigenvalue weighted by atomic mass is 31.2. The number of phosphoric ester groups is 2. The van der Waals surface area contributed by atoms with E-state index >= 15 is 0 Å². The number of phosphoric acid groups is 2. The van der Waals surface area contributed by atoms with Gasteiger partial charge in [0.25, 0.3) is 0 Å². The minimum absolute atomic E-state index is 0.0996. The Morgan fingerprint density at radius 1 is 0.305 bits per heavy atom. The fourth-order valence-electron chi connectivity index (χ4n) is 9.36. The standard InChI is InChI=1S/C77H130O16P2/c1-4-7-10-13-16-19-22-25-27-29-31-33-34-35-36-38-40-41-43-46-48-51-54-57-60-63-75(80)87-66-72(78)67-89-94(83,84)90-68-73(79)69-91-95(85,86)92-71-74(93-77(82)65-62-59-56-53-50-45-24-21-18-15-12-9-6-3)70-88-76(81)64-61-58-55-52-49-47-44-42-39-37-32-30-28-26-23-20-17-14-11-8-5-2/h7-8,10-11,16-17,19-20,25-28,31-33,35-37,40-42,44,72-74,78-79H,4-6,9,12-15,18,21-24,29-30,34,38-39,43,45-71H2,1-3H3,(H,83,84)(H,85,86)/b10-7-,11-8-,19-16-,20-17-,27-25-,28-26-,33-31-,36-35-,37-32-,41-40-,44-42-. The molecule has 544 valence electrons. The number of hydrogen-bond donors (Lipinski definition) is 4. The molecule has 0 aliphatic rings. The van der Waals surface area contributed by atoms with Crippen LogP contribution in [-0.4, -0.2) is 95.9 Å². The monoisotopic (exact) mass is 1370 g/mol. The van der Waals surface area contributed by atoms with Gasteiger partial charge >= 0.3 is 33.6 Å². The van der Waals surface area contributed by atoms with Crippen LogP contribution in [0.15, 0.2) is 134 Å². The molecule has 0 heterocycles. The molecule has 5 atom stereocenters. The summed E-state index contributed by atoms with van der Waals surface area (Å²) in [6.07, 6.45) is 82.1. The molecule has 0 aliphatic carbocycles. The van der Waals surface area contributed by atoms with E-state index in [1.54, 1.807) is 0 Å². The molecule has 0 aromatic rings. The highest BCUT2D eigenvalue weighted by Crippen LogP contribution is 2.45. The largest absolute Gasteiger partial charge is 0.472 e. The van der Waals surface area contributed by atoms with Crippen LogP contribution in [0.25, 0.3) is 0 Å². The fraction of sp³-hybridized carbons (Fsp3) is 0.675. The molecule has 0 saturated carbocycles. The van der Waals surface area contributed by atoms with Crippen molar-refractivity contribution in [2.45, 2.75) is 296 Å². The number of hydrogen-bond acceptors (Lipinski definition) is 14. The molecule has 4 N–H and O–H groups in total. The molecule has 95 heavy (non-hydrogen) atoms. The highest BCUT2D eigenvalue weighted by Gasteiger charge is 2.29. The molecule has 0 aromatic heterocycles. The lowest BCUT2D eigenvalue weighted by Crippen LogP contribution is -2.30. The van der Waals surface area contributed by atoms with Gasteiger partial charge in [-0.25, -0.2) is 9.13 Å². The quantitative estimate of drug-likeness (QED) is 0.0146. The lowest BCUT2D eigenvalue weighted by atomic mass is 10.0. The van der Waals surface area contributed by atoms with Gasteiger partial charge in [0.15, 0.2) is 6.10 Å². The average Bonchev–Trinajstić information content (AvgIpc) is 1.81. The van der Waals surface area contributed by atoms with E-state index in [9.17, 15) is 43.5 Å². The van der Waals surface area contributed by atoms with Crippen LogP contribution in [0.5, 0.6) is 0 Å². The maximum atomic E-state index is 12.9. The van der Waals surface area contributed by atoms with Gasteiger partial charge in [0, 0.05) is 19.3 Å². The van der Waals surface area contributed by atoms with Crippen molar-refractivity contribution in [2.75, 3.05) is 39.6 Å². The molecule has 0 aliphatic heterocycles. The van der Waals surface area contributed by atoms with Gasteiger partial charge in [-0.2, -0.15) is 0 Å². The lowest BCUT2D eigenvalue weighted by molar-refractivity contribution is -0.161. The van der Waals surface area contributed by atoms with Crippen molar-refractivity contribution in [3.63, 3.8) is 0 Å². The second kappa shape index (κ2) is 69.6. The summed E-state index contributed by atoms with van der Waals surface area (Å²) in [5.74, 6) is -1.61. The van der Waals surface area contributed by atoms with Crippen molar-refractivity contribution in [3.8, 4) is 0 Å². The third kappa shape index (κ3) is 70.8. The Hall–Kier alpha value is -4.31. The van der Waals surface area contributed by atoms with Gasteiger partial charge in [0.2, 0.25) is 0 Å². The van der Waals surface area contributed by atoms with E-state index in [0.29, 0.717) is 19.3 Å². The molecule has 18 heteroatoms. The third-order valence-corrected chi connectivity index (χ3v) is 16.8. The minimum atomic E-state index is -4.93. The van der Waals surface area contributed by atoms with Crippen molar-refractivity contribution >= 4 is 33.6 Å². The van der Waals surface area contributed by atoms with Crippen molar-refractivity contribution in [2.24, 2.45) is 0 Å². The minimum Gasteiger partial charge on any atom is -0.463 e. The number of carbonyl (C=O) groups excluding carboxylic acids is 3. The Bertz CT molecular complexity index is 2260. The summed E-state index contributed by atoms with van der Waals surface area (Å²) >= 11 is 0. The van der Waals surface area contributed by atoms with E-state index in [1.807, 2.05) is 0 Å². The van der Waals surface area contributed by atoms with Crippen LogP contribution < -0.4 is 0 Å². The normalized spacial score (nSPS) is 14.9. The molecule has 0 fully saturated rings. The maximum absolute atomic E-state index is 12.9. The van der Waals surface area contributed by atoms with Crippen LogP contribution in [0.1, 0.15) is 278 Å². The third-order valence-electron chi connectivity index (χ3n) is 14.9. The Morgan fingerprint density at radius 3 is 0.884 bits per heavy atom. The van der Waals surface area contributed by atoms with E-state index in [0.717, 1.165) is 167 Å². The Balaban J connectivity index is 4.61. The summed E-state index contributed by atoms with van der Waals surface area (Å²) in [5.41, 5.74) is 0. The van der Waals surface area contributed by atoms with Gasteiger partial charge in [-0.15, -0.1) is 0 Å². The smallest absolute Gasteiger partial charge is 0.463 e. The van der Waals surface area contributed by atoms with Gasteiger partial charge in [-0.05, 0) is 116 Å². The SMILES string of the molecule is CC/C=C\C/C=C\C/C=C\C/C=C\C/C=C\C/C=C\CCCCCCCCC(=O)OCC(O)COP(=O)(O)OCC(O)COP(=O)(O)OCC(COC(=O)CCCCCCC/C=C\C/C=C\C/C=C\C/C=C\C/C=C\CC)OC(=O)CCCCCCCCCCCCCCC. The Labute approximate surface area is 575 Å². The summed E-state index contributed by atoms with van der Waals surface area (Å²) in [5, 5.41) is 20.6. The molecule has 0 bridgehead atoms. The number of unbranched alkanes of at least 4 members (excludes halogenated alkanes) is 23. The van der Waals surface area contributed by atoms with Crippen LogP contribution >= 0.6 is 15.6 Å². The molecule has 0 amide bonds. The zero-order valence-electron chi connectivity index (χ0n) is 59.0. The summed E-state index contributed by atoms with van der Waals surface area (Å²) in [7, 11) is -9.79. The average molecular weight is 1370 g/mol. The molecular formula is C77H130O16P2. The number of rotatable bonds is 68. The lowest BCUT2D eigenvalue weighted by Gasteiger charge is -2.21. The number of aliphatic hydroxyl groups is 2. The number of aliphatic hydroxyl groups excluding tert-OH is 2.